The maximum Gasteiger partial charge on any atom is 0.226 e. The zero-order valence-corrected chi connectivity index (χ0v) is 12.8. The summed E-state index contributed by atoms with van der Waals surface area (Å²) in [6.45, 7) is 5.65. The molecule has 0 fully saturated rings. The Balaban J connectivity index is 2.39. The molecule has 0 saturated heterocycles. The van der Waals surface area contributed by atoms with E-state index >= 15 is 0 Å². The molecule has 0 bridgehead atoms. The van der Waals surface area contributed by atoms with Crippen molar-refractivity contribution in [1.82, 2.24) is 9.97 Å². The largest absolute Gasteiger partial charge is 0.438 e. The molecule has 0 atom stereocenters. The third-order valence-corrected chi connectivity index (χ3v) is 3.36. The summed E-state index contributed by atoms with van der Waals surface area (Å²) in [5.74, 6) is 0.753. The van der Waals surface area contributed by atoms with Crippen LogP contribution in [0.2, 0.25) is 10.2 Å². The van der Waals surface area contributed by atoms with E-state index in [0.29, 0.717) is 28.2 Å². The molecule has 6 heteroatoms. The third-order valence-electron chi connectivity index (χ3n) is 2.68. The average Bonchev–Trinajstić information content (AvgIpc) is 2.38. The van der Waals surface area contributed by atoms with E-state index in [4.69, 9.17) is 27.9 Å². The Morgan fingerprint density at radius 2 is 1.90 bits per heavy atom. The number of hydrogen-bond acceptors (Lipinski definition) is 3. The molecule has 0 unspecified atom stereocenters. The number of nitrogens with zero attached hydrogens (tertiary/aromatic N) is 2. The highest BCUT2D eigenvalue weighted by Crippen LogP contribution is 2.30. The van der Waals surface area contributed by atoms with Crippen molar-refractivity contribution >= 4 is 23.2 Å². The molecule has 0 aliphatic heterocycles. The van der Waals surface area contributed by atoms with Crippen molar-refractivity contribution in [2.24, 2.45) is 0 Å². The summed E-state index contributed by atoms with van der Waals surface area (Å²) in [5, 5.41) is 0.366. The van der Waals surface area contributed by atoms with E-state index in [1.165, 1.54) is 12.1 Å². The molecule has 0 aliphatic rings. The van der Waals surface area contributed by atoms with Crippen molar-refractivity contribution in [3.63, 3.8) is 0 Å². The van der Waals surface area contributed by atoms with Crippen molar-refractivity contribution in [2.75, 3.05) is 0 Å². The first kappa shape index (κ1) is 15.0. The lowest BCUT2D eigenvalue weighted by Gasteiger charge is -2.12. The maximum atomic E-state index is 13.4. The van der Waals surface area contributed by atoms with Crippen molar-refractivity contribution in [3.05, 3.63) is 45.6 Å². The lowest BCUT2D eigenvalue weighted by atomic mass is 10.2. The van der Waals surface area contributed by atoms with Crippen LogP contribution in [0.3, 0.4) is 0 Å². The normalized spacial score (nSPS) is 10.9. The fourth-order valence-corrected chi connectivity index (χ4v) is 1.78. The van der Waals surface area contributed by atoms with Crippen LogP contribution in [0.1, 0.15) is 31.2 Å². The van der Waals surface area contributed by atoms with Gasteiger partial charge in [-0.1, -0.05) is 37.0 Å². The molecule has 1 aromatic heterocycles. The first-order valence-corrected chi connectivity index (χ1v) is 6.81. The van der Waals surface area contributed by atoms with Gasteiger partial charge < -0.3 is 4.74 Å². The third kappa shape index (κ3) is 3.19. The molecule has 2 aromatic rings. The summed E-state index contributed by atoms with van der Waals surface area (Å²) < 4.78 is 19.0. The number of hydrogen-bond donors (Lipinski definition) is 0. The van der Waals surface area contributed by atoms with Gasteiger partial charge in [0.15, 0.2) is 0 Å². The van der Waals surface area contributed by atoms with Gasteiger partial charge in [-0.15, -0.1) is 0 Å². The quantitative estimate of drug-likeness (QED) is 0.735. The Morgan fingerprint density at radius 1 is 1.20 bits per heavy atom. The highest BCUT2D eigenvalue weighted by atomic mass is 35.5. The van der Waals surface area contributed by atoms with Gasteiger partial charge >= 0.3 is 0 Å². The molecule has 20 heavy (non-hydrogen) atoms. The van der Waals surface area contributed by atoms with E-state index in [9.17, 15) is 4.39 Å². The molecule has 3 nitrogen and oxygen atoms in total. The van der Waals surface area contributed by atoms with E-state index < -0.39 is 5.82 Å². The van der Waals surface area contributed by atoms with Gasteiger partial charge in [-0.05, 0) is 19.1 Å². The summed E-state index contributed by atoms with van der Waals surface area (Å²) in [6.07, 6.45) is 0. The Labute approximate surface area is 126 Å². The topological polar surface area (TPSA) is 35.0 Å². The van der Waals surface area contributed by atoms with Crippen molar-refractivity contribution in [2.45, 2.75) is 26.7 Å². The molecule has 0 radical (unpaired) electrons. The fourth-order valence-electron chi connectivity index (χ4n) is 1.50. The molecule has 0 spiro atoms. The molecule has 0 N–H and O–H groups in total. The highest BCUT2D eigenvalue weighted by Gasteiger charge is 2.14. The Kier molecular flexibility index (Phi) is 4.45. The summed E-state index contributed by atoms with van der Waals surface area (Å²) in [7, 11) is 0. The standard InChI is InChI=1S/C14H13Cl2FN2O/c1-7(2)13-18-12(16)8(3)14(19-13)20-9-4-5-10(15)11(17)6-9/h4-7H,1-3H3. The number of rotatable bonds is 3. The molecule has 106 valence electrons. The molecule has 0 amide bonds. The Hall–Kier alpha value is -1.39. The number of halogens is 3. The van der Waals surface area contributed by atoms with Gasteiger partial charge in [-0.3, -0.25) is 0 Å². The first-order chi connectivity index (χ1) is 9.38. The van der Waals surface area contributed by atoms with Gasteiger partial charge in [0.05, 0.1) is 5.02 Å². The number of aromatic nitrogens is 2. The summed E-state index contributed by atoms with van der Waals surface area (Å²) >= 11 is 11.7. The van der Waals surface area contributed by atoms with Crippen LogP contribution >= 0.6 is 23.2 Å². The fraction of sp³-hybridized carbons (Fsp3) is 0.286. The van der Waals surface area contributed by atoms with Crippen LogP contribution in [0.25, 0.3) is 0 Å². The second-order valence-corrected chi connectivity index (χ2v) is 5.40. The van der Waals surface area contributed by atoms with Gasteiger partial charge in [0.2, 0.25) is 5.88 Å². The van der Waals surface area contributed by atoms with Gasteiger partial charge in [0.1, 0.15) is 22.5 Å². The molecular weight excluding hydrogens is 302 g/mol. The smallest absolute Gasteiger partial charge is 0.226 e. The van der Waals surface area contributed by atoms with Crippen LogP contribution in [0.5, 0.6) is 11.6 Å². The zero-order chi connectivity index (χ0) is 14.9. The van der Waals surface area contributed by atoms with Gasteiger partial charge in [0, 0.05) is 17.5 Å². The number of ether oxygens (including phenoxy) is 1. The van der Waals surface area contributed by atoms with Crippen LogP contribution in [-0.4, -0.2) is 9.97 Å². The highest BCUT2D eigenvalue weighted by molar-refractivity contribution is 6.30. The van der Waals surface area contributed by atoms with Gasteiger partial charge in [-0.2, -0.15) is 4.98 Å². The minimum absolute atomic E-state index is 0.0395. The van der Waals surface area contributed by atoms with E-state index in [0.717, 1.165) is 0 Å². The van der Waals surface area contributed by atoms with Gasteiger partial charge in [0.25, 0.3) is 0 Å². The van der Waals surface area contributed by atoms with E-state index in [1.807, 2.05) is 13.8 Å². The molecule has 1 heterocycles. The van der Waals surface area contributed by atoms with Crippen LogP contribution in [-0.2, 0) is 0 Å². The second kappa shape index (κ2) is 5.94. The van der Waals surface area contributed by atoms with E-state index in [2.05, 4.69) is 9.97 Å². The minimum atomic E-state index is -0.550. The average molecular weight is 315 g/mol. The minimum Gasteiger partial charge on any atom is -0.438 e. The van der Waals surface area contributed by atoms with Crippen LogP contribution in [0, 0.1) is 12.7 Å². The predicted octanol–water partition coefficient (Wildman–Crippen LogP) is 5.15. The molecule has 2 rings (SSSR count). The SMILES string of the molecule is Cc1c(Cl)nc(C(C)C)nc1Oc1ccc(Cl)c(F)c1. The summed E-state index contributed by atoms with van der Waals surface area (Å²) in [4.78, 5) is 8.49. The maximum absolute atomic E-state index is 13.4. The summed E-state index contributed by atoms with van der Waals surface area (Å²) in [5.41, 5.74) is 0.603. The van der Waals surface area contributed by atoms with Crippen LogP contribution in [0.4, 0.5) is 4.39 Å². The van der Waals surface area contributed by atoms with Crippen LogP contribution < -0.4 is 4.74 Å². The molecular formula is C14H13Cl2FN2O. The van der Waals surface area contributed by atoms with Crippen molar-refractivity contribution < 1.29 is 9.13 Å². The van der Waals surface area contributed by atoms with Crippen molar-refractivity contribution in [3.8, 4) is 11.6 Å². The predicted molar refractivity (Wildman–Crippen MR) is 77.4 cm³/mol. The first-order valence-electron chi connectivity index (χ1n) is 6.05. The molecule has 0 aliphatic carbocycles. The Morgan fingerprint density at radius 3 is 2.50 bits per heavy atom. The zero-order valence-electron chi connectivity index (χ0n) is 11.2. The Bertz CT molecular complexity index is 647. The van der Waals surface area contributed by atoms with E-state index in [-0.39, 0.29) is 10.9 Å². The second-order valence-electron chi connectivity index (χ2n) is 4.64. The number of benzene rings is 1. The summed E-state index contributed by atoms with van der Waals surface area (Å²) in [6, 6.07) is 4.19. The van der Waals surface area contributed by atoms with Gasteiger partial charge in [-0.25, -0.2) is 9.37 Å². The lowest BCUT2D eigenvalue weighted by Crippen LogP contribution is -2.02. The monoisotopic (exact) mass is 314 g/mol. The molecule has 0 saturated carbocycles. The van der Waals surface area contributed by atoms with E-state index in [1.54, 1.807) is 13.0 Å². The molecule has 1 aromatic carbocycles. The van der Waals surface area contributed by atoms with Crippen LogP contribution in [0.15, 0.2) is 18.2 Å². The lowest BCUT2D eigenvalue weighted by molar-refractivity contribution is 0.448. The van der Waals surface area contributed by atoms with Crippen molar-refractivity contribution in [1.29, 1.82) is 0 Å².